The first-order chi connectivity index (χ1) is 9.31. The fourth-order valence-corrected chi connectivity index (χ4v) is 2.93. The maximum Gasteiger partial charge on any atom is 0.322 e. The molecule has 1 unspecified atom stereocenters. The number of ether oxygens (including phenoxy) is 1. The molecule has 0 saturated carbocycles. The van der Waals surface area contributed by atoms with E-state index in [-0.39, 0.29) is 11.3 Å². The summed E-state index contributed by atoms with van der Waals surface area (Å²) in [5.41, 5.74) is 0.644. The molecular formula is C13H17NO5S. The van der Waals surface area contributed by atoms with E-state index in [0.717, 1.165) is 0 Å². The van der Waals surface area contributed by atoms with E-state index in [1.165, 1.54) is 31.4 Å². The second kappa shape index (κ2) is 6.53. The monoisotopic (exact) mass is 299 g/mol. The Labute approximate surface area is 118 Å². The van der Waals surface area contributed by atoms with Gasteiger partial charge < -0.3 is 9.84 Å². The first-order valence-electron chi connectivity index (χ1n) is 5.82. The summed E-state index contributed by atoms with van der Waals surface area (Å²) in [5, 5.41) is 8.96. The summed E-state index contributed by atoms with van der Waals surface area (Å²) in [6.07, 6.45) is 1.35. The molecule has 110 valence electrons. The molecule has 1 aromatic carbocycles. The van der Waals surface area contributed by atoms with Crippen LogP contribution in [0.2, 0.25) is 0 Å². The largest absolute Gasteiger partial charge is 0.496 e. The van der Waals surface area contributed by atoms with Crippen molar-refractivity contribution in [3.8, 4) is 5.75 Å². The van der Waals surface area contributed by atoms with Crippen LogP contribution in [0.4, 0.5) is 0 Å². The van der Waals surface area contributed by atoms with Crippen LogP contribution in [0.5, 0.6) is 5.75 Å². The molecule has 0 amide bonds. The number of carboxylic acid groups (broad SMARTS) is 1. The highest BCUT2D eigenvalue weighted by Gasteiger charge is 2.24. The lowest BCUT2D eigenvalue weighted by molar-refractivity contribution is -0.138. The van der Waals surface area contributed by atoms with Gasteiger partial charge in [-0.2, -0.15) is 4.72 Å². The molecule has 7 heteroatoms. The quantitative estimate of drug-likeness (QED) is 0.741. The minimum Gasteiger partial charge on any atom is -0.496 e. The topological polar surface area (TPSA) is 92.7 Å². The van der Waals surface area contributed by atoms with E-state index in [1.54, 1.807) is 6.92 Å². The maximum absolute atomic E-state index is 12.1. The van der Waals surface area contributed by atoms with E-state index in [1.807, 2.05) is 0 Å². The van der Waals surface area contributed by atoms with Gasteiger partial charge in [0.25, 0.3) is 0 Å². The summed E-state index contributed by atoms with van der Waals surface area (Å²) in [6.45, 7) is 5.11. The van der Waals surface area contributed by atoms with Crippen LogP contribution in [0, 0.1) is 6.92 Å². The number of methoxy groups -OCH3 is 1. The van der Waals surface area contributed by atoms with Gasteiger partial charge >= 0.3 is 5.97 Å². The van der Waals surface area contributed by atoms with Gasteiger partial charge in [0.15, 0.2) is 0 Å². The Balaban J connectivity index is 3.07. The average Bonchev–Trinajstić information content (AvgIpc) is 2.37. The van der Waals surface area contributed by atoms with Crippen LogP contribution in [0.1, 0.15) is 12.0 Å². The molecular weight excluding hydrogens is 282 g/mol. The van der Waals surface area contributed by atoms with Crippen molar-refractivity contribution < 1.29 is 23.1 Å². The second-order valence-corrected chi connectivity index (χ2v) is 5.88. The predicted molar refractivity (Wildman–Crippen MR) is 74.3 cm³/mol. The Kier molecular flexibility index (Phi) is 5.29. The van der Waals surface area contributed by atoms with Gasteiger partial charge in [-0.1, -0.05) is 6.08 Å². The van der Waals surface area contributed by atoms with Crippen LogP contribution in [-0.2, 0) is 14.8 Å². The van der Waals surface area contributed by atoms with Crippen molar-refractivity contribution in [1.82, 2.24) is 4.72 Å². The van der Waals surface area contributed by atoms with Gasteiger partial charge in [0.2, 0.25) is 10.0 Å². The number of hydrogen-bond donors (Lipinski definition) is 2. The zero-order valence-electron chi connectivity index (χ0n) is 11.3. The molecule has 6 nitrogen and oxygen atoms in total. The standard InChI is InChI=1S/C13H17NO5S/c1-4-5-11(13(15)16)14-20(17,18)10-6-7-12(19-3)9(2)8-10/h4,6-8,11,14H,1,5H2,2-3H3,(H,15,16). The Morgan fingerprint density at radius 1 is 1.55 bits per heavy atom. The summed E-state index contributed by atoms with van der Waals surface area (Å²) in [6, 6.07) is 3.07. The molecule has 0 aliphatic carbocycles. The van der Waals surface area contributed by atoms with E-state index in [0.29, 0.717) is 11.3 Å². The molecule has 1 aromatic rings. The number of aliphatic carboxylic acids is 1. The lowest BCUT2D eigenvalue weighted by Gasteiger charge is -2.14. The third-order valence-electron chi connectivity index (χ3n) is 2.67. The Bertz CT molecular complexity index is 609. The summed E-state index contributed by atoms with van der Waals surface area (Å²) in [4.78, 5) is 11.0. The third kappa shape index (κ3) is 3.82. The Hall–Kier alpha value is -1.86. The van der Waals surface area contributed by atoms with Gasteiger partial charge in [-0.05, 0) is 37.1 Å². The Morgan fingerprint density at radius 3 is 2.65 bits per heavy atom. The molecule has 0 heterocycles. The number of rotatable bonds is 7. The minimum atomic E-state index is -3.91. The number of nitrogens with one attached hydrogen (secondary N) is 1. The fraction of sp³-hybridized carbons (Fsp3) is 0.308. The fourth-order valence-electron chi connectivity index (χ4n) is 1.64. The lowest BCUT2D eigenvalue weighted by atomic mass is 10.2. The smallest absolute Gasteiger partial charge is 0.322 e. The molecule has 0 aromatic heterocycles. The number of benzene rings is 1. The zero-order valence-corrected chi connectivity index (χ0v) is 12.1. The summed E-state index contributed by atoms with van der Waals surface area (Å²) in [5.74, 6) is -0.691. The molecule has 0 aliphatic rings. The van der Waals surface area contributed by atoms with Crippen LogP contribution in [-0.4, -0.2) is 32.6 Å². The van der Waals surface area contributed by atoms with E-state index >= 15 is 0 Å². The van der Waals surface area contributed by atoms with E-state index in [9.17, 15) is 13.2 Å². The summed E-state index contributed by atoms with van der Waals surface area (Å²) < 4.78 is 31.4. The van der Waals surface area contributed by atoms with Crippen LogP contribution < -0.4 is 9.46 Å². The van der Waals surface area contributed by atoms with Crippen molar-refractivity contribution in [3.63, 3.8) is 0 Å². The third-order valence-corrected chi connectivity index (χ3v) is 4.14. The molecule has 0 radical (unpaired) electrons. The van der Waals surface area contributed by atoms with Crippen molar-refractivity contribution in [2.24, 2.45) is 0 Å². The van der Waals surface area contributed by atoms with E-state index in [2.05, 4.69) is 11.3 Å². The van der Waals surface area contributed by atoms with Crippen LogP contribution in [0.15, 0.2) is 35.7 Å². The molecule has 0 aliphatic heterocycles. The van der Waals surface area contributed by atoms with Crippen LogP contribution in [0.3, 0.4) is 0 Å². The highest BCUT2D eigenvalue weighted by molar-refractivity contribution is 7.89. The van der Waals surface area contributed by atoms with Gasteiger partial charge in [0, 0.05) is 0 Å². The number of hydrogen-bond acceptors (Lipinski definition) is 4. The van der Waals surface area contributed by atoms with Crippen molar-refractivity contribution in [3.05, 3.63) is 36.4 Å². The molecule has 0 saturated heterocycles. The maximum atomic E-state index is 12.1. The number of aryl methyl sites for hydroxylation is 1. The highest BCUT2D eigenvalue weighted by atomic mass is 32.2. The first-order valence-corrected chi connectivity index (χ1v) is 7.30. The van der Waals surface area contributed by atoms with Crippen LogP contribution in [0.25, 0.3) is 0 Å². The SMILES string of the molecule is C=CCC(NS(=O)(=O)c1ccc(OC)c(C)c1)C(=O)O. The number of sulfonamides is 1. The predicted octanol–water partition coefficient (Wildman–Crippen LogP) is 1.31. The summed E-state index contributed by atoms with van der Waals surface area (Å²) in [7, 11) is -2.42. The summed E-state index contributed by atoms with van der Waals surface area (Å²) >= 11 is 0. The van der Waals surface area contributed by atoms with Crippen LogP contribution >= 0.6 is 0 Å². The minimum absolute atomic E-state index is 0.00367. The Morgan fingerprint density at radius 2 is 2.20 bits per heavy atom. The normalized spacial score (nSPS) is 12.7. The second-order valence-electron chi connectivity index (χ2n) is 4.17. The van der Waals surface area contributed by atoms with E-state index in [4.69, 9.17) is 9.84 Å². The molecule has 1 rings (SSSR count). The molecule has 20 heavy (non-hydrogen) atoms. The lowest BCUT2D eigenvalue weighted by Crippen LogP contribution is -2.40. The molecule has 0 spiro atoms. The number of carbonyl (C=O) groups is 1. The van der Waals surface area contributed by atoms with Gasteiger partial charge in [0.1, 0.15) is 11.8 Å². The van der Waals surface area contributed by atoms with Crippen molar-refractivity contribution in [2.75, 3.05) is 7.11 Å². The average molecular weight is 299 g/mol. The van der Waals surface area contributed by atoms with E-state index < -0.39 is 22.0 Å². The molecule has 2 N–H and O–H groups in total. The molecule has 1 atom stereocenters. The zero-order chi connectivity index (χ0) is 15.3. The van der Waals surface area contributed by atoms with Gasteiger partial charge in [0.05, 0.1) is 12.0 Å². The van der Waals surface area contributed by atoms with Gasteiger partial charge in [-0.15, -0.1) is 6.58 Å². The van der Waals surface area contributed by atoms with Crippen molar-refractivity contribution in [1.29, 1.82) is 0 Å². The van der Waals surface area contributed by atoms with Gasteiger partial charge in [-0.25, -0.2) is 8.42 Å². The molecule has 0 bridgehead atoms. The van der Waals surface area contributed by atoms with Gasteiger partial charge in [-0.3, -0.25) is 4.79 Å². The first kappa shape index (κ1) is 16.2. The number of carboxylic acids is 1. The molecule has 0 fully saturated rings. The van der Waals surface area contributed by atoms with Crippen molar-refractivity contribution in [2.45, 2.75) is 24.3 Å². The van der Waals surface area contributed by atoms with Crippen molar-refractivity contribution >= 4 is 16.0 Å². The highest BCUT2D eigenvalue weighted by Crippen LogP contribution is 2.21.